The summed E-state index contributed by atoms with van der Waals surface area (Å²) < 4.78 is 55.4. The quantitative estimate of drug-likeness (QED) is 0.433. The second-order valence-electron chi connectivity index (χ2n) is 3.46. The molecule has 0 unspecified atom stereocenters. The molecule has 1 aromatic rings. The van der Waals surface area contributed by atoms with E-state index in [1.165, 1.54) is 0 Å². The van der Waals surface area contributed by atoms with Crippen LogP contribution in [0.5, 0.6) is 5.75 Å². The Labute approximate surface area is 91.5 Å². The van der Waals surface area contributed by atoms with Gasteiger partial charge in [0.05, 0.1) is 12.4 Å². The Kier molecular flexibility index (Phi) is 4.21. The fourth-order valence-electron chi connectivity index (χ4n) is 1.23. The second kappa shape index (κ2) is 5.23. The zero-order valence-electron chi connectivity index (χ0n) is 8.85. The number of ether oxygens (including phenoxy) is 1. The summed E-state index contributed by atoms with van der Waals surface area (Å²) in [6.45, 7) is -3.13. The van der Waals surface area contributed by atoms with E-state index in [4.69, 9.17) is 4.74 Å². The predicted molar refractivity (Wildman–Crippen MR) is 55.5 cm³/mol. The van der Waals surface area contributed by atoms with Crippen molar-refractivity contribution in [1.29, 1.82) is 0 Å². The smallest absolute Gasteiger partial charge is 0.497 e. The van der Waals surface area contributed by atoms with Crippen molar-refractivity contribution in [3.63, 3.8) is 0 Å². The summed E-state index contributed by atoms with van der Waals surface area (Å²) in [6, 6.07) is 2.46. The van der Waals surface area contributed by atoms with E-state index in [9.17, 15) is 17.3 Å². The third kappa shape index (κ3) is 3.43. The van der Waals surface area contributed by atoms with Crippen LogP contribution in [0.25, 0.3) is 0 Å². The molecule has 0 aliphatic carbocycles. The number of unbranched alkanes of at least 4 members (excludes halogenated alkanes) is 1. The molecule has 0 aliphatic heterocycles. The average molecular weight is 235 g/mol. The van der Waals surface area contributed by atoms with Crippen molar-refractivity contribution in [2.75, 3.05) is 6.61 Å². The van der Waals surface area contributed by atoms with Gasteiger partial charge in [-0.2, -0.15) is 0 Å². The lowest BCUT2D eigenvalue weighted by Crippen LogP contribution is -2.35. The SMILES string of the molecule is CCCCOc1ccc(F)cc1[B-](F)(F)F. The van der Waals surface area contributed by atoms with Gasteiger partial charge in [0.15, 0.2) is 0 Å². The van der Waals surface area contributed by atoms with Crippen LogP contribution in [0.15, 0.2) is 18.2 Å². The molecule has 0 N–H and O–H groups in total. The van der Waals surface area contributed by atoms with E-state index < -0.39 is 18.3 Å². The monoisotopic (exact) mass is 235 g/mol. The minimum atomic E-state index is -5.24. The maximum absolute atomic E-state index is 12.7. The van der Waals surface area contributed by atoms with E-state index in [1.54, 1.807) is 0 Å². The summed E-state index contributed by atoms with van der Waals surface area (Å²) in [4.78, 5) is 0. The first-order chi connectivity index (χ1) is 7.45. The number of hydrogen-bond donors (Lipinski definition) is 0. The van der Waals surface area contributed by atoms with Gasteiger partial charge in [0.1, 0.15) is 5.82 Å². The number of rotatable bonds is 5. The van der Waals surface area contributed by atoms with Crippen LogP contribution in [0.4, 0.5) is 17.3 Å². The minimum absolute atomic E-state index is 0.210. The van der Waals surface area contributed by atoms with Gasteiger partial charge in [-0.1, -0.05) is 18.8 Å². The van der Waals surface area contributed by atoms with Gasteiger partial charge in [-0.15, -0.1) is 0 Å². The standard InChI is InChI=1S/C10H12BF4O/c1-2-3-6-16-10-5-4-8(12)7-9(10)11(13,14)15/h4-5,7H,2-3,6H2,1H3/q-1. The van der Waals surface area contributed by atoms with Crippen LogP contribution < -0.4 is 10.2 Å². The highest BCUT2D eigenvalue weighted by Crippen LogP contribution is 2.19. The predicted octanol–water partition coefficient (Wildman–Crippen LogP) is 3.06. The summed E-state index contributed by atoms with van der Waals surface area (Å²) in [5, 5.41) is 0. The molecule has 0 fully saturated rings. The molecular formula is C10H12BF4O-. The van der Waals surface area contributed by atoms with Crippen molar-refractivity contribution in [2.45, 2.75) is 19.8 Å². The average Bonchev–Trinajstić information content (AvgIpc) is 2.19. The fourth-order valence-corrected chi connectivity index (χ4v) is 1.23. The van der Waals surface area contributed by atoms with Crippen molar-refractivity contribution in [2.24, 2.45) is 0 Å². The van der Waals surface area contributed by atoms with Gasteiger partial charge >= 0.3 is 6.98 Å². The molecule has 0 atom stereocenters. The Balaban J connectivity index is 2.90. The summed E-state index contributed by atoms with van der Waals surface area (Å²) >= 11 is 0. The maximum Gasteiger partial charge on any atom is 0.513 e. The van der Waals surface area contributed by atoms with E-state index in [-0.39, 0.29) is 12.4 Å². The lowest BCUT2D eigenvalue weighted by atomic mass is 9.79. The molecule has 0 aromatic heterocycles. The fraction of sp³-hybridized carbons (Fsp3) is 0.400. The van der Waals surface area contributed by atoms with Crippen LogP contribution >= 0.6 is 0 Å². The van der Waals surface area contributed by atoms with Crippen LogP contribution in [0.2, 0.25) is 0 Å². The van der Waals surface area contributed by atoms with Crippen molar-refractivity contribution in [3.05, 3.63) is 24.0 Å². The Morgan fingerprint density at radius 3 is 2.50 bits per heavy atom. The normalized spacial score (nSPS) is 11.6. The lowest BCUT2D eigenvalue weighted by Gasteiger charge is -2.19. The Morgan fingerprint density at radius 1 is 1.25 bits per heavy atom. The van der Waals surface area contributed by atoms with E-state index >= 15 is 0 Å². The molecule has 0 spiro atoms. The van der Waals surface area contributed by atoms with E-state index in [0.717, 1.165) is 18.6 Å². The van der Waals surface area contributed by atoms with Gasteiger partial charge in [0.2, 0.25) is 0 Å². The Bertz CT molecular complexity index is 351. The largest absolute Gasteiger partial charge is 0.513 e. The summed E-state index contributed by atoms with van der Waals surface area (Å²) in [7, 11) is 0. The number of halogens is 4. The van der Waals surface area contributed by atoms with Gasteiger partial charge in [-0.25, -0.2) is 4.39 Å². The molecule has 16 heavy (non-hydrogen) atoms. The van der Waals surface area contributed by atoms with Gasteiger partial charge < -0.3 is 17.7 Å². The Hall–Kier alpha value is -1.20. The summed E-state index contributed by atoms with van der Waals surface area (Å²) in [5.74, 6) is -1.20. The van der Waals surface area contributed by atoms with Crippen LogP contribution in [0, 0.1) is 5.82 Å². The molecule has 1 aromatic carbocycles. The zero-order chi connectivity index (χ0) is 12.2. The van der Waals surface area contributed by atoms with Crippen LogP contribution in [0.1, 0.15) is 19.8 Å². The number of benzene rings is 1. The highest BCUT2D eigenvalue weighted by atomic mass is 19.4. The third-order valence-corrected chi connectivity index (χ3v) is 2.08. The molecule has 0 aliphatic rings. The topological polar surface area (TPSA) is 9.23 Å². The molecule has 0 bridgehead atoms. The first-order valence-corrected chi connectivity index (χ1v) is 5.07. The molecule has 90 valence electrons. The zero-order valence-corrected chi connectivity index (χ0v) is 8.85. The Morgan fingerprint density at radius 2 is 1.94 bits per heavy atom. The molecule has 6 heteroatoms. The summed E-state index contributed by atoms with van der Waals surface area (Å²) in [5.41, 5.74) is -1.00. The van der Waals surface area contributed by atoms with Crippen LogP contribution in [-0.2, 0) is 0 Å². The molecule has 0 heterocycles. The summed E-state index contributed by atoms with van der Waals surface area (Å²) in [6.07, 6.45) is 1.50. The lowest BCUT2D eigenvalue weighted by molar-refractivity contribution is 0.309. The van der Waals surface area contributed by atoms with Crippen LogP contribution in [-0.4, -0.2) is 13.6 Å². The van der Waals surface area contributed by atoms with Gasteiger partial charge in [-0.05, 0) is 24.6 Å². The minimum Gasteiger partial charge on any atom is -0.497 e. The van der Waals surface area contributed by atoms with Crippen molar-refractivity contribution in [1.82, 2.24) is 0 Å². The first-order valence-electron chi connectivity index (χ1n) is 5.07. The highest BCUT2D eigenvalue weighted by molar-refractivity contribution is 6.74. The van der Waals surface area contributed by atoms with Gasteiger partial charge in [0, 0.05) is 0 Å². The van der Waals surface area contributed by atoms with E-state index in [0.29, 0.717) is 12.5 Å². The van der Waals surface area contributed by atoms with Crippen molar-refractivity contribution >= 4 is 12.4 Å². The molecule has 0 saturated carbocycles. The molecule has 0 radical (unpaired) electrons. The van der Waals surface area contributed by atoms with E-state index in [2.05, 4.69) is 0 Å². The van der Waals surface area contributed by atoms with Crippen molar-refractivity contribution < 1.29 is 22.1 Å². The van der Waals surface area contributed by atoms with Crippen molar-refractivity contribution in [3.8, 4) is 5.75 Å². The third-order valence-electron chi connectivity index (χ3n) is 2.08. The van der Waals surface area contributed by atoms with E-state index in [1.807, 2.05) is 6.92 Å². The number of hydrogen-bond acceptors (Lipinski definition) is 1. The highest BCUT2D eigenvalue weighted by Gasteiger charge is 2.29. The molecule has 1 nitrogen and oxygen atoms in total. The molecule has 0 saturated heterocycles. The van der Waals surface area contributed by atoms with Gasteiger partial charge in [0.25, 0.3) is 0 Å². The molecular weight excluding hydrogens is 223 g/mol. The second-order valence-corrected chi connectivity index (χ2v) is 3.46. The maximum atomic E-state index is 12.7. The molecule has 1 rings (SSSR count). The van der Waals surface area contributed by atoms with Crippen LogP contribution in [0.3, 0.4) is 0 Å². The first kappa shape index (κ1) is 12.9. The van der Waals surface area contributed by atoms with Gasteiger partial charge in [-0.3, -0.25) is 0 Å². The molecule has 0 amide bonds.